The molecule has 1 aliphatic carbocycles. The molecule has 2 N–H and O–H groups in total. The Morgan fingerprint density at radius 1 is 1.19 bits per heavy atom. The molecule has 0 saturated heterocycles. The molecule has 1 aliphatic rings. The SMILES string of the molecule is CCCN/C(OC[C@H]1CC[C@H](C(F)(F)F)CC1)=C(\C)NC. The van der Waals surface area contributed by atoms with Gasteiger partial charge in [0.1, 0.15) is 0 Å². The van der Waals surface area contributed by atoms with Crippen molar-refractivity contribution in [1.29, 1.82) is 0 Å². The Morgan fingerprint density at radius 3 is 2.29 bits per heavy atom. The van der Waals surface area contributed by atoms with Crippen LogP contribution in [0.25, 0.3) is 0 Å². The standard InChI is InChI=1S/C15H27F3N2O/c1-4-9-20-14(11(2)19-3)21-10-12-5-7-13(8-6-12)15(16,17)18/h12-13,19-20H,4-10H2,1-3H3/b14-11-/t12-,13-. The van der Waals surface area contributed by atoms with Crippen LogP contribution in [-0.4, -0.2) is 26.4 Å². The molecule has 0 aromatic heterocycles. The maximum atomic E-state index is 12.6. The van der Waals surface area contributed by atoms with Gasteiger partial charge in [0.2, 0.25) is 5.88 Å². The topological polar surface area (TPSA) is 33.3 Å². The van der Waals surface area contributed by atoms with Gasteiger partial charge in [-0.1, -0.05) is 6.92 Å². The number of alkyl halides is 3. The largest absolute Gasteiger partial charge is 0.478 e. The molecule has 0 unspecified atom stereocenters. The lowest BCUT2D eigenvalue weighted by molar-refractivity contribution is -0.184. The first kappa shape index (κ1) is 18.0. The predicted octanol–water partition coefficient (Wildman–Crippen LogP) is 3.78. The van der Waals surface area contributed by atoms with Crippen molar-refractivity contribution >= 4 is 0 Å². The highest BCUT2D eigenvalue weighted by molar-refractivity contribution is 5.01. The van der Waals surface area contributed by atoms with Gasteiger partial charge in [-0.05, 0) is 44.9 Å². The molecule has 0 aliphatic heterocycles. The summed E-state index contributed by atoms with van der Waals surface area (Å²) in [6.45, 7) is 5.28. The Labute approximate surface area is 125 Å². The molecule has 6 heteroatoms. The number of allylic oxidation sites excluding steroid dienone is 1. The quantitative estimate of drug-likeness (QED) is 0.702. The summed E-state index contributed by atoms with van der Waals surface area (Å²) < 4.78 is 43.6. The number of ether oxygens (including phenoxy) is 1. The molecule has 0 aromatic rings. The average Bonchev–Trinajstić information content (AvgIpc) is 2.46. The average molecular weight is 308 g/mol. The first-order valence-corrected chi connectivity index (χ1v) is 7.70. The van der Waals surface area contributed by atoms with Crippen LogP contribution < -0.4 is 10.6 Å². The summed E-state index contributed by atoms with van der Waals surface area (Å²) in [5.41, 5.74) is 0.910. The maximum Gasteiger partial charge on any atom is 0.391 e. The second kappa shape index (κ2) is 8.39. The van der Waals surface area contributed by atoms with E-state index in [1.165, 1.54) is 0 Å². The molecule has 0 amide bonds. The van der Waals surface area contributed by atoms with Gasteiger partial charge in [0.15, 0.2) is 0 Å². The van der Waals surface area contributed by atoms with Gasteiger partial charge in [0.05, 0.1) is 18.2 Å². The second-order valence-corrected chi connectivity index (χ2v) is 5.70. The van der Waals surface area contributed by atoms with Crippen molar-refractivity contribution in [1.82, 2.24) is 10.6 Å². The highest BCUT2D eigenvalue weighted by atomic mass is 19.4. The maximum absolute atomic E-state index is 12.6. The lowest BCUT2D eigenvalue weighted by Crippen LogP contribution is -2.30. The van der Waals surface area contributed by atoms with Crippen molar-refractivity contribution in [2.75, 3.05) is 20.2 Å². The molecule has 0 radical (unpaired) electrons. The summed E-state index contributed by atoms with van der Waals surface area (Å²) >= 11 is 0. The van der Waals surface area contributed by atoms with Crippen LogP contribution in [-0.2, 0) is 4.74 Å². The third-order valence-electron chi connectivity index (χ3n) is 4.02. The Bertz CT molecular complexity index is 334. The molecule has 1 fully saturated rings. The molecule has 124 valence electrons. The van der Waals surface area contributed by atoms with Crippen LogP contribution in [0, 0.1) is 11.8 Å². The third kappa shape index (κ3) is 6.06. The van der Waals surface area contributed by atoms with Gasteiger partial charge >= 0.3 is 6.18 Å². The molecular formula is C15H27F3N2O. The van der Waals surface area contributed by atoms with Gasteiger partial charge in [-0.15, -0.1) is 0 Å². The number of hydrogen-bond acceptors (Lipinski definition) is 3. The zero-order valence-corrected chi connectivity index (χ0v) is 13.1. The first-order valence-electron chi connectivity index (χ1n) is 7.70. The van der Waals surface area contributed by atoms with E-state index in [-0.39, 0.29) is 18.8 Å². The van der Waals surface area contributed by atoms with Crippen molar-refractivity contribution in [3.05, 3.63) is 11.6 Å². The summed E-state index contributed by atoms with van der Waals surface area (Å²) in [5, 5.41) is 6.24. The van der Waals surface area contributed by atoms with Crippen LogP contribution >= 0.6 is 0 Å². The normalized spacial score (nSPS) is 24.3. The van der Waals surface area contributed by atoms with E-state index in [2.05, 4.69) is 17.6 Å². The van der Waals surface area contributed by atoms with E-state index in [4.69, 9.17) is 4.74 Å². The molecule has 0 heterocycles. The number of halogens is 3. The Hall–Kier alpha value is -1.07. The van der Waals surface area contributed by atoms with Gasteiger partial charge in [-0.3, -0.25) is 0 Å². The number of hydrogen-bond donors (Lipinski definition) is 2. The van der Waals surface area contributed by atoms with E-state index < -0.39 is 12.1 Å². The molecule has 0 spiro atoms. The summed E-state index contributed by atoms with van der Waals surface area (Å²) in [6, 6.07) is 0. The van der Waals surface area contributed by atoms with Gasteiger partial charge in [-0.25, -0.2) is 0 Å². The van der Waals surface area contributed by atoms with E-state index in [0.29, 0.717) is 25.3 Å². The van der Waals surface area contributed by atoms with E-state index >= 15 is 0 Å². The molecular weight excluding hydrogens is 281 g/mol. The zero-order valence-electron chi connectivity index (χ0n) is 13.1. The molecule has 21 heavy (non-hydrogen) atoms. The van der Waals surface area contributed by atoms with E-state index in [1.54, 1.807) is 0 Å². The zero-order chi connectivity index (χ0) is 15.9. The van der Waals surface area contributed by atoms with Crippen LogP contribution in [0.15, 0.2) is 11.6 Å². The minimum absolute atomic E-state index is 0.215. The smallest absolute Gasteiger partial charge is 0.391 e. The van der Waals surface area contributed by atoms with E-state index in [0.717, 1.165) is 18.7 Å². The van der Waals surface area contributed by atoms with Crippen molar-refractivity contribution in [2.24, 2.45) is 11.8 Å². The first-order chi connectivity index (χ1) is 9.88. The highest BCUT2D eigenvalue weighted by Gasteiger charge is 2.41. The van der Waals surface area contributed by atoms with Crippen molar-refractivity contribution in [3.8, 4) is 0 Å². The Balaban J connectivity index is 2.41. The molecule has 0 atom stereocenters. The molecule has 1 rings (SSSR count). The molecule has 0 aromatic carbocycles. The fraction of sp³-hybridized carbons (Fsp3) is 0.867. The molecule has 1 saturated carbocycles. The monoisotopic (exact) mass is 308 g/mol. The van der Waals surface area contributed by atoms with Crippen LogP contribution in [0.4, 0.5) is 13.2 Å². The summed E-state index contributed by atoms with van der Waals surface area (Å²) in [7, 11) is 1.82. The minimum atomic E-state index is -4.04. The fourth-order valence-corrected chi connectivity index (χ4v) is 2.50. The summed E-state index contributed by atoms with van der Waals surface area (Å²) in [5.74, 6) is -0.204. The molecule has 0 bridgehead atoms. The van der Waals surface area contributed by atoms with Crippen LogP contribution in [0.3, 0.4) is 0 Å². The van der Waals surface area contributed by atoms with Gasteiger partial charge in [0, 0.05) is 13.6 Å². The van der Waals surface area contributed by atoms with Crippen LogP contribution in [0.2, 0.25) is 0 Å². The fourth-order valence-electron chi connectivity index (χ4n) is 2.50. The van der Waals surface area contributed by atoms with Gasteiger partial charge in [-0.2, -0.15) is 13.2 Å². The summed E-state index contributed by atoms with van der Waals surface area (Å²) in [4.78, 5) is 0. The summed E-state index contributed by atoms with van der Waals surface area (Å²) in [6.07, 6.45) is -1.43. The number of rotatable bonds is 7. The lowest BCUT2D eigenvalue weighted by atomic mass is 9.82. The van der Waals surface area contributed by atoms with Crippen LogP contribution in [0.5, 0.6) is 0 Å². The van der Waals surface area contributed by atoms with Crippen molar-refractivity contribution in [2.45, 2.75) is 52.1 Å². The predicted molar refractivity (Wildman–Crippen MR) is 77.5 cm³/mol. The molecule has 3 nitrogen and oxygen atoms in total. The lowest BCUT2D eigenvalue weighted by Gasteiger charge is -2.30. The number of nitrogens with one attached hydrogen (secondary N) is 2. The van der Waals surface area contributed by atoms with Crippen LogP contribution in [0.1, 0.15) is 46.0 Å². The second-order valence-electron chi connectivity index (χ2n) is 5.70. The highest BCUT2D eigenvalue weighted by Crippen LogP contribution is 2.39. The van der Waals surface area contributed by atoms with Gasteiger partial charge in [0.25, 0.3) is 0 Å². The Morgan fingerprint density at radius 2 is 1.81 bits per heavy atom. The van der Waals surface area contributed by atoms with Crippen molar-refractivity contribution < 1.29 is 17.9 Å². The Kier molecular flexibility index (Phi) is 7.18. The van der Waals surface area contributed by atoms with Crippen molar-refractivity contribution in [3.63, 3.8) is 0 Å². The van der Waals surface area contributed by atoms with Gasteiger partial charge < -0.3 is 15.4 Å². The minimum Gasteiger partial charge on any atom is -0.478 e. The third-order valence-corrected chi connectivity index (χ3v) is 4.02. The van der Waals surface area contributed by atoms with E-state index in [9.17, 15) is 13.2 Å². The van der Waals surface area contributed by atoms with E-state index in [1.807, 2.05) is 14.0 Å².